The summed E-state index contributed by atoms with van der Waals surface area (Å²) < 4.78 is 18.6. The van der Waals surface area contributed by atoms with Crippen LogP contribution in [0.1, 0.15) is 27.7 Å². The van der Waals surface area contributed by atoms with E-state index in [1.165, 1.54) is 17.3 Å². The second kappa shape index (κ2) is 8.73. The molecule has 2 aromatic carbocycles. The van der Waals surface area contributed by atoms with E-state index in [0.29, 0.717) is 13.2 Å². The number of rotatable bonds is 7. The molecule has 1 saturated heterocycles. The average molecular weight is 437 g/mol. The second-order valence-corrected chi connectivity index (χ2v) is 13.9. The highest BCUT2D eigenvalue weighted by atomic mass is 28.4. The Morgan fingerprint density at radius 2 is 1.35 bits per heavy atom. The standard InChI is InChI=1S/C26H32O4Si/c1-19(27)28-17-22-23(25-16-15-24(22)30-25)18-29-31(26(2,3)4,20-11-7-5-8-12-20)21-13-9-6-10-14-21/h5-16,22-25H,17-18H2,1-4H3/t22-,23+,24+,25-/m0/s1. The van der Waals surface area contributed by atoms with E-state index in [-0.39, 0.29) is 35.1 Å². The zero-order valence-corrected chi connectivity index (χ0v) is 19.8. The van der Waals surface area contributed by atoms with Gasteiger partial charge in [0.25, 0.3) is 8.32 Å². The van der Waals surface area contributed by atoms with Gasteiger partial charge in [-0.3, -0.25) is 4.79 Å². The Morgan fingerprint density at radius 1 is 0.871 bits per heavy atom. The molecule has 0 unspecified atom stereocenters. The van der Waals surface area contributed by atoms with E-state index >= 15 is 0 Å². The Morgan fingerprint density at radius 3 is 1.81 bits per heavy atom. The fourth-order valence-corrected chi connectivity index (χ4v) is 9.70. The van der Waals surface area contributed by atoms with Crippen molar-refractivity contribution in [1.29, 1.82) is 0 Å². The predicted molar refractivity (Wildman–Crippen MR) is 125 cm³/mol. The number of carbonyl (C=O) groups excluding carboxylic acids is 1. The molecule has 0 aliphatic carbocycles. The maximum absolute atomic E-state index is 11.4. The van der Waals surface area contributed by atoms with E-state index in [1.54, 1.807) is 0 Å². The minimum atomic E-state index is -2.61. The van der Waals surface area contributed by atoms with E-state index in [2.05, 4.69) is 93.6 Å². The van der Waals surface area contributed by atoms with Gasteiger partial charge in [0, 0.05) is 25.4 Å². The lowest BCUT2D eigenvalue weighted by molar-refractivity contribution is -0.143. The molecular weight excluding hydrogens is 404 g/mol. The number of hydrogen-bond donors (Lipinski definition) is 0. The summed E-state index contributed by atoms with van der Waals surface area (Å²) in [7, 11) is -2.61. The zero-order chi connectivity index (χ0) is 22.1. The van der Waals surface area contributed by atoms with Crippen molar-refractivity contribution < 1.29 is 18.7 Å². The number of ether oxygens (including phenoxy) is 2. The molecule has 0 amide bonds. The lowest BCUT2D eigenvalue weighted by Crippen LogP contribution is -2.67. The van der Waals surface area contributed by atoms with Crippen molar-refractivity contribution in [3.63, 3.8) is 0 Å². The first kappa shape index (κ1) is 22.0. The number of hydrogen-bond acceptors (Lipinski definition) is 4. The molecule has 1 fully saturated rings. The lowest BCUT2D eigenvalue weighted by Gasteiger charge is -2.44. The summed E-state index contributed by atoms with van der Waals surface area (Å²) >= 11 is 0. The van der Waals surface area contributed by atoms with Crippen LogP contribution in [0, 0.1) is 11.8 Å². The summed E-state index contributed by atoms with van der Waals surface area (Å²) in [5.41, 5.74) is 0. The molecule has 2 aromatic rings. The molecule has 2 aliphatic heterocycles. The fraction of sp³-hybridized carbons (Fsp3) is 0.423. The molecule has 31 heavy (non-hydrogen) atoms. The van der Waals surface area contributed by atoms with Gasteiger partial charge in [-0.25, -0.2) is 0 Å². The van der Waals surface area contributed by atoms with Crippen molar-refractivity contribution in [2.45, 2.75) is 44.9 Å². The summed E-state index contributed by atoms with van der Waals surface area (Å²) in [6.45, 7) is 9.25. The molecule has 0 spiro atoms. The Balaban J connectivity index is 1.69. The van der Waals surface area contributed by atoms with Gasteiger partial charge in [0.15, 0.2) is 0 Å². The first-order valence-electron chi connectivity index (χ1n) is 11.0. The minimum absolute atomic E-state index is 0.00268. The highest BCUT2D eigenvalue weighted by Gasteiger charge is 2.53. The van der Waals surface area contributed by atoms with E-state index in [9.17, 15) is 4.79 Å². The zero-order valence-electron chi connectivity index (χ0n) is 18.8. The highest BCUT2D eigenvalue weighted by molar-refractivity contribution is 6.99. The normalized spacial score (nSPS) is 25.0. The van der Waals surface area contributed by atoms with Crippen LogP contribution < -0.4 is 10.4 Å². The van der Waals surface area contributed by atoms with E-state index in [4.69, 9.17) is 13.9 Å². The van der Waals surface area contributed by atoms with Crippen LogP contribution in [0.3, 0.4) is 0 Å². The van der Waals surface area contributed by atoms with Gasteiger partial charge in [-0.15, -0.1) is 0 Å². The van der Waals surface area contributed by atoms with Crippen LogP contribution >= 0.6 is 0 Å². The van der Waals surface area contributed by atoms with Crippen LogP contribution in [-0.4, -0.2) is 39.7 Å². The molecule has 0 aromatic heterocycles. The molecule has 5 heteroatoms. The number of carbonyl (C=O) groups is 1. The predicted octanol–water partition coefficient (Wildman–Crippen LogP) is 3.70. The van der Waals surface area contributed by atoms with Crippen molar-refractivity contribution in [3.8, 4) is 0 Å². The van der Waals surface area contributed by atoms with Crippen LogP contribution in [0.15, 0.2) is 72.8 Å². The molecule has 4 nitrogen and oxygen atoms in total. The molecule has 2 aliphatic rings. The average Bonchev–Trinajstić information content (AvgIpc) is 3.35. The Bertz CT molecular complexity index is 880. The quantitative estimate of drug-likeness (QED) is 0.377. The third-order valence-corrected chi connectivity index (χ3v) is 11.6. The third-order valence-electron chi connectivity index (χ3n) is 6.59. The van der Waals surface area contributed by atoms with Crippen LogP contribution in [-0.2, 0) is 18.7 Å². The largest absolute Gasteiger partial charge is 0.465 e. The first-order valence-corrected chi connectivity index (χ1v) is 13.0. The van der Waals surface area contributed by atoms with Crippen LogP contribution in [0.2, 0.25) is 5.04 Å². The highest BCUT2D eigenvalue weighted by Crippen LogP contribution is 2.42. The van der Waals surface area contributed by atoms with Crippen molar-refractivity contribution in [1.82, 2.24) is 0 Å². The molecule has 2 bridgehead atoms. The molecule has 0 N–H and O–H groups in total. The summed E-state index contributed by atoms with van der Waals surface area (Å²) in [6, 6.07) is 21.3. The van der Waals surface area contributed by atoms with E-state index in [1.807, 2.05) is 0 Å². The molecular formula is C26H32O4Si. The molecule has 0 saturated carbocycles. The summed E-state index contributed by atoms with van der Waals surface area (Å²) in [6.07, 6.45) is 4.24. The maximum atomic E-state index is 11.4. The Kier molecular flexibility index (Phi) is 6.20. The van der Waals surface area contributed by atoms with Gasteiger partial charge in [0.1, 0.15) is 0 Å². The third kappa shape index (κ3) is 4.14. The topological polar surface area (TPSA) is 44.8 Å². The monoisotopic (exact) mass is 436 g/mol. The molecule has 2 heterocycles. The van der Waals surface area contributed by atoms with Crippen molar-refractivity contribution in [2.75, 3.05) is 13.2 Å². The van der Waals surface area contributed by atoms with Gasteiger partial charge in [-0.1, -0.05) is 93.6 Å². The fourth-order valence-electron chi connectivity index (χ4n) is 5.10. The Labute approximate surface area is 186 Å². The van der Waals surface area contributed by atoms with Gasteiger partial charge in [0.05, 0.1) is 18.8 Å². The van der Waals surface area contributed by atoms with Gasteiger partial charge >= 0.3 is 5.97 Å². The van der Waals surface area contributed by atoms with Gasteiger partial charge in [0.2, 0.25) is 0 Å². The van der Waals surface area contributed by atoms with Crippen molar-refractivity contribution in [2.24, 2.45) is 11.8 Å². The lowest BCUT2D eigenvalue weighted by atomic mass is 9.84. The van der Waals surface area contributed by atoms with E-state index < -0.39 is 8.32 Å². The molecule has 164 valence electrons. The minimum Gasteiger partial charge on any atom is -0.465 e. The van der Waals surface area contributed by atoms with Crippen molar-refractivity contribution >= 4 is 24.7 Å². The second-order valence-electron chi connectivity index (χ2n) is 9.55. The van der Waals surface area contributed by atoms with Crippen LogP contribution in [0.25, 0.3) is 0 Å². The number of benzene rings is 2. The molecule has 0 radical (unpaired) electrons. The Hall–Kier alpha value is -2.21. The SMILES string of the molecule is CC(=O)OC[C@H]1[C@@H](CO[Si](c2ccccc2)(c2ccccc2)C(C)(C)C)[C@@H]2C=C[C@H]1O2. The van der Waals surface area contributed by atoms with Gasteiger partial charge in [-0.2, -0.15) is 0 Å². The summed E-state index contributed by atoms with van der Waals surface area (Å²) in [5, 5.41) is 2.46. The van der Waals surface area contributed by atoms with Crippen molar-refractivity contribution in [3.05, 3.63) is 72.8 Å². The molecule has 4 atom stereocenters. The smallest absolute Gasteiger partial charge is 0.302 e. The maximum Gasteiger partial charge on any atom is 0.302 e. The number of esters is 1. The summed E-state index contributed by atoms with van der Waals surface area (Å²) in [5.74, 6) is 0.0338. The van der Waals surface area contributed by atoms with Gasteiger partial charge < -0.3 is 13.9 Å². The van der Waals surface area contributed by atoms with Gasteiger partial charge in [-0.05, 0) is 15.4 Å². The van der Waals surface area contributed by atoms with E-state index in [0.717, 1.165) is 0 Å². The van der Waals surface area contributed by atoms with Crippen LogP contribution in [0.5, 0.6) is 0 Å². The number of fused-ring (bicyclic) bond motifs is 2. The molecule has 4 rings (SSSR count). The van der Waals surface area contributed by atoms with Crippen LogP contribution in [0.4, 0.5) is 0 Å². The first-order chi connectivity index (χ1) is 14.8. The summed E-state index contributed by atoms with van der Waals surface area (Å²) in [4.78, 5) is 11.4.